The molecule has 126 valence electrons. The Kier molecular flexibility index (Phi) is 8.44. The Morgan fingerprint density at radius 2 is 1.70 bits per heavy atom. The van der Waals surface area contributed by atoms with Crippen LogP contribution in [0.25, 0.3) is 0 Å². The molecule has 1 aromatic carbocycles. The van der Waals surface area contributed by atoms with Gasteiger partial charge in [0.05, 0.1) is 12.1 Å². The number of hydrogen-bond donors (Lipinski definition) is 2. The predicted octanol–water partition coefficient (Wildman–Crippen LogP) is 2.47. The van der Waals surface area contributed by atoms with Crippen molar-refractivity contribution in [3.63, 3.8) is 0 Å². The van der Waals surface area contributed by atoms with Gasteiger partial charge in [-0.15, -0.1) is 6.42 Å². The summed E-state index contributed by atoms with van der Waals surface area (Å²) in [6.07, 6.45) is 0.170. The van der Waals surface area contributed by atoms with Crippen LogP contribution in [-0.4, -0.2) is 46.3 Å². The van der Waals surface area contributed by atoms with E-state index in [0.717, 1.165) is 18.7 Å². The molecule has 1 aromatic rings. The molecule has 0 fully saturated rings. The van der Waals surface area contributed by atoms with E-state index in [2.05, 4.69) is 10.8 Å². The van der Waals surface area contributed by atoms with Crippen molar-refractivity contribution in [1.82, 2.24) is 4.90 Å². The summed E-state index contributed by atoms with van der Waals surface area (Å²) in [6.45, 7) is 4.28. The van der Waals surface area contributed by atoms with Gasteiger partial charge in [0.2, 0.25) is 0 Å². The van der Waals surface area contributed by atoms with Crippen LogP contribution in [0.15, 0.2) is 24.3 Å². The van der Waals surface area contributed by atoms with Gasteiger partial charge in [0, 0.05) is 6.54 Å². The summed E-state index contributed by atoms with van der Waals surface area (Å²) in [5.41, 5.74) is 1.38. The molecule has 0 aliphatic rings. The topological polar surface area (TPSA) is 77.8 Å². The second-order valence-corrected chi connectivity index (χ2v) is 4.31. The van der Waals surface area contributed by atoms with Gasteiger partial charge in [0.15, 0.2) is 0 Å². The van der Waals surface area contributed by atoms with Crippen LogP contribution in [0.3, 0.4) is 0 Å². The fraction of sp³-hybridized carbons (Fsp3) is 0.333. The summed E-state index contributed by atoms with van der Waals surface area (Å²) in [7, 11) is 0. The first-order valence-electron chi connectivity index (χ1n) is 6.40. The van der Waals surface area contributed by atoms with Crippen LogP contribution >= 0.6 is 0 Å². The minimum atomic E-state index is -5.08. The lowest BCUT2D eigenvalue weighted by atomic mass is 10.1. The molecule has 0 atom stereocenters. The summed E-state index contributed by atoms with van der Waals surface area (Å²) < 4.78 is 31.7. The molecule has 0 saturated heterocycles. The molecule has 23 heavy (non-hydrogen) atoms. The van der Waals surface area contributed by atoms with Crippen molar-refractivity contribution in [2.24, 2.45) is 0 Å². The molecule has 0 aliphatic carbocycles. The maximum absolute atomic E-state index is 10.7. The summed E-state index contributed by atoms with van der Waals surface area (Å²) in [6, 6.07) is 6.87. The molecule has 0 saturated carbocycles. The van der Waals surface area contributed by atoms with E-state index in [1.807, 2.05) is 19.1 Å². The number of aromatic carboxylic acids is 1. The van der Waals surface area contributed by atoms with Gasteiger partial charge in [-0.05, 0) is 24.2 Å². The molecule has 0 unspecified atom stereocenters. The largest absolute Gasteiger partial charge is 0.490 e. The van der Waals surface area contributed by atoms with Gasteiger partial charge in [0.25, 0.3) is 0 Å². The second kappa shape index (κ2) is 9.48. The van der Waals surface area contributed by atoms with E-state index in [0.29, 0.717) is 12.1 Å². The zero-order valence-corrected chi connectivity index (χ0v) is 12.3. The zero-order chi connectivity index (χ0) is 18.0. The molecule has 0 radical (unpaired) electrons. The smallest absolute Gasteiger partial charge is 0.478 e. The first-order chi connectivity index (χ1) is 10.6. The third-order valence-corrected chi connectivity index (χ3v) is 2.61. The summed E-state index contributed by atoms with van der Waals surface area (Å²) in [5, 5.41) is 15.9. The van der Waals surface area contributed by atoms with E-state index < -0.39 is 18.1 Å². The van der Waals surface area contributed by atoms with Crippen LogP contribution in [0.4, 0.5) is 13.2 Å². The highest BCUT2D eigenvalue weighted by molar-refractivity contribution is 5.87. The van der Waals surface area contributed by atoms with Gasteiger partial charge in [-0.3, -0.25) is 4.90 Å². The standard InChI is InChI=1S/C13H15NO2.C2HF3O2/c1-3-9-14(4-2)10-11-5-7-12(8-6-11)13(15)16;3-2(4,5)1(6)7/h1,5-8H,4,9-10H2,2H3,(H,15,16);(H,6,7). The second-order valence-electron chi connectivity index (χ2n) is 4.31. The molecular weight excluding hydrogens is 315 g/mol. The van der Waals surface area contributed by atoms with Gasteiger partial charge < -0.3 is 10.2 Å². The molecule has 0 aliphatic heterocycles. The lowest BCUT2D eigenvalue weighted by Gasteiger charge is -2.17. The number of aliphatic carboxylic acids is 1. The molecule has 5 nitrogen and oxygen atoms in total. The SMILES string of the molecule is C#CCN(CC)Cc1ccc(C(=O)O)cc1.O=C(O)C(F)(F)F. The van der Waals surface area contributed by atoms with Crippen molar-refractivity contribution in [3.8, 4) is 12.3 Å². The normalized spacial score (nSPS) is 10.4. The molecule has 0 spiro atoms. The third-order valence-electron chi connectivity index (χ3n) is 2.61. The number of carbonyl (C=O) groups is 2. The number of halogens is 3. The van der Waals surface area contributed by atoms with Crippen molar-refractivity contribution in [3.05, 3.63) is 35.4 Å². The molecule has 0 amide bonds. The van der Waals surface area contributed by atoms with Crippen molar-refractivity contribution < 1.29 is 33.0 Å². The minimum Gasteiger partial charge on any atom is -0.478 e. The predicted molar refractivity (Wildman–Crippen MR) is 76.9 cm³/mol. The third kappa shape index (κ3) is 8.48. The van der Waals surface area contributed by atoms with Crippen molar-refractivity contribution in [2.75, 3.05) is 13.1 Å². The van der Waals surface area contributed by atoms with Crippen molar-refractivity contribution in [2.45, 2.75) is 19.6 Å². The Hall–Kier alpha value is -2.53. The molecular formula is C15H16F3NO4. The number of carboxylic acid groups (broad SMARTS) is 2. The van der Waals surface area contributed by atoms with E-state index in [1.54, 1.807) is 12.1 Å². The first-order valence-corrected chi connectivity index (χ1v) is 6.40. The van der Waals surface area contributed by atoms with Gasteiger partial charge in [-0.1, -0.05) is 25.0 Å². The number of carboxylic acids is 2. The van der Waals surface area contributed by atoms with Crippen molar-refractivity contribution in [1.29, 1.82) is 0 Å². The zero-order valence-electron chi connectivity index (χ0n) is 12.3. The quantitative estimate of drug-likeness (QED) is 0.811. The van der Waals surface area contributed by atoms with Crippen LogP contribution < -0.4 is 0 Å². The Morgan fingerprint density at radius 1 is 1.22 bits per heavy atom. The number of rotatable bonds is 5. The summed E-state index contributed by atoms with van der Waals surface area (Å²) in [5.74, 6) is -1.06. The Labute approximate surface area is 131 Å². The summed E-state index contributed by atoms with van der Waals surface area (Å²) in [4.78, 5) is 21.7. The average Bonchev–Trinajstić information content (AvgIpc) is 2.47. The monoisotopic (exact) mass is 331 g/mol. The Morgan fingerprint density at radius 3 is 2.00 bits per heavy atom. The highest BCUT2D eigenvalue weighted by Gasteiger charge is 2.38. The highest BCUT2D eigenvalue weighted by atomic mass is 19.4. The highest BCUT2D eigenvalue weighted by Crippen LogP contribution is 2.13. The number of terminal acetylenes is 1. The van der Waals surface area contributed by atoms with Crippen LogP contribution in [0.2, 0.25) is 0 Å². The van der Waals surface area contributed by atoms with Gasteiger partial charge in [-0.25, -0.2) is 9.59 Å². The lowest BCUT2D eigenvalue weighted by Crippen LogP contribution is -2.22. The molecule has 0 heterocycles. The molecule has 0 bridgehead atoms. The fourth-order valence-corrected chi connectivity index (χ4v) is 1.42. The number of hydrogen-bond acceptors (Lipinski definition) is 3. The number of nitrogens with zero attached hydrogens (tertiary/aromatic N) is 1. The Bertz CT molecular complexity index is 562. The van der Waals surface area contributed by atoms with Crippen LogP contribution in [0, 0.1) is 12.3 Å². The van der Waals surface area contributed by atoms with Crippen molar-refractivity contribution >= 4 is 11.9 Å². The van der Waals surface area contributed by atoms with Gasteiger partial charge in [-0.2, -0.15) is 13.2 Å². The van der Waals surface area contributed by atoms with E-state index >= 15 is 0 Å². The fourth-order valence-electron chi connectivity index (χ4n) is 1.42. The lowest BCUT2D eigenvalue weighted by molar-refractivity contribution is -0.192. The number of alkyl halides is 3. The molecule has 1 rings (SSSR count). The van der Waals surface area contributed by atoms with Crippen LogP contribution in [-0.2, 0) is 11.3 Å². The maximum atomic E-state index is 10.7. The van der Waals surface area contributed by atoms with E-state index in [1.165, 1.54) is 0 Å². The van der Waals surface area contributed by atoms with E-state index in [4.69, 9.17) is 21.4 Å². The van der Waals surface area contributed by atoms with Gasteiger partial charge >= 0.3 is 18.1 Å². The van der Waals surface area contributed by atoms with E-state index in [-0.39, 0.29) is 0 Å². The maximum Gasteiger partial charge on any atom is 0.490 e. The number of benzene rings is 1. The molecule has 2 N–H and O–H groups in total. The first kappa shape index (κ1) is 20.5. The van der Waals surface area contributed by atoms with E-state index in [9.17, 15) is 18.0 Å². The van der Waals surface area contributed by atoms with Gasteiger partial charge in [0.1, 0.15) is 0 Å². The van der Waals surface area contributed by atoms with Crippen LogP contribution in [0.1, 0.15) is 22.8 Å². The average molecular weight is 331 g/mol. The Balaban J connectivity index is 0.000000585. The minimum absolute atomic E-state index is 0.309. The molecule has 8 heteroatoms. The van der Waals surface area contributed by atoms with Crippen LogP contribution in [0.5, 0.6) is 0 Å². The molecule has 0 aromatic heterocycles. The summed E-state index contributed by atoms with van der Waals surface area (Å²) >= 11 is 0.